The normalized spacial score (nSPS) is 14.7. The van der Waals surface area contributed by atoms with E-state index >= 15 is 0 Å². The van der Waals surface area contributed by atoms with Gasteiger partial charge in [0.15, 0.2) is 5.78 Å². The summed E-state index contributed by atoms with van der Waals surface area (Å²) in [6.45, 7) is 5.90. The molecule has 1 aromatic heterocycles. The minimum Gasteiger partial charge on any atom is -0.496 e. The first-order valence-corrected chi connectivity index (χ1v) is 13.4. The van der Waals surface area contributed by atoms with Gasteiger partial charge >= 0.3 is 0 Å². The Balaban J connectivity index is 1.78. The Bertz CT molecular complexity index is 1590. The van der Waals surface area contributed by atoms with Gasteiger partial charge in [-0.05, 0) is 74.0 Å². The Morgan fingerprint density at radius 2 is 1.72 bits per heavy atom. The van der Waals surface area contributed by atoms with Crippen LogP contribution in [0.5, 0.6) is 5.75 Å². The summed E-state index contributed by atoms with van der Waals surface area (Å²) in [6, 6.07) is 18.2. The maximum Gasteiger partial charge on any atom is 0.261 e. The van der Waals surface area contributed by atoms with Gasteiger partial charge in [0.1, 0.15) is 17.6 Å². The maximum absolute atomic E-state index is 14.1. The molecule has 200 valence electrons. The Labute approximate surface area is 236 Å². The van der Waals surface area contributed by atoms with Crippen LogP contribution in [0.25, 0.3) is 11.3 Å². The van der Waals surface area contributed by atoms with Crippen molar-refractivity contribution in [3.05, 3.63) is 105 Å². The van der Waals surface area contributed by atoms with Crippen molar-refractivity contribution in [1.29, 1.82) is 0 Å². The van der Waals surface area contributed by atoms with Crippen LogP contribution in [0.2, 0.25) is 10.0 Å². The van der Waals surface area contributed by atoms with Gasteiger partial charge in [0.05, 0.1) is 29.1 Å². The number of halogens is 3. The number of benzene rings is 3. The number of nitrogens with zero attached hydrogens (tertiary/aromatic N) is 2. The van der Waals surface area contributed by atoms with Crippen LogP contribution >= 0.6 is 23.2 Å². The fourth-order valence-electron chi connectivity index (χ4n) is 5.26. The van der Waals surface area contributed by atoms with Crippen molar-refractivity contribution in [3.63, 3.8) is 0 Å². The molecule has 0 N–H and O–H groups in total. The van der Waals surface area contributed by atoms with Gasteiger partial charge in [0.2, 0.25) is 0 Å². The van der Waals surface area contributed by atoms with Crippen LogP contribution in [-0.2, 0) is 0 Å². The van der Waals surface area contributed by atoms with Crippen LogP contribution in [-0.4, -0.2) is 23.4 Å². The minimum atomic E-state index is -0.560. The first-order valence-electron chi connectivity index (χ1n) is 12.7. The summed E-state index contributed by atoms with van der Waals surface area (Å²) in [4.78, 5) is 28.3. The molecule has 0 saturated carbocycles. The number of hydrogen-bond acceptors (Lipinski definition) is 3. The molecule has 1 atom stereocenters. The third kappa shape index (κ3) is 4.62. The molecule has 0 fully saturated rings. The molecule has 0 aliphatic carbocycles. The van der Waals surface area contributed by atoms with Gasteiger partial charge in [0.25, 0.3) is 5.91 Å². The topological polar surface area (TPSA) is 51.5 Å². The number of hydrogen-bond donors (Lipinski definition) is 0. The molecule has 1 aliphatic heterocycles. The second-order valence-electron chi connectivity index (χ2n) is 9.71. The number of amides is 1. The fourth-order valence-corrected chi connectivity index (χ4v) is 5.56. The van der Waals surface area contributed by atoms with Gasteiger partial charge in [-0.25, -0.2) is 4.39 Å². The molecule has 0 radical (unpaired) electrons. The summed E-state index contributed by atoms with van der Waals surface area (Å²) in [5, 5.41) is 0.503. The molecule has 5 rings (SSSR count). The molecule has 1 unspecified atom stereocenters. The van der Waals surface area contributed by atoms with E-state index in [0.717, 1.165) is 22.5 Å². The summed E-state index contributed by atoms with van der Waals surface area (Å²) in [6.07, 6.45) is 0.375. The summed E-state index contributed by atoms with van der Waals surface area (Å²) >= 11 is 12.3. The molecule has 2 heterocycles. The van der Waals surface area contributed by atoms with Gasteiger partial charge in [-0.1, -0.05) is 42.3 Å². The highest BCUT2D eigenvalue weighted by atomic mass is 35.5. The van der Waals surface area contributed by atoms with E-state index in [-0.39, 0.29) is 22.8 Å². The van der Waals surface area contributed by atoms with Gasteiger partial charge in [-0.3, -0.25) is 14.5 Å². The van der Waals surface area contributed by atoms with Crippen molar-refractivity contribution >= 4 is 40.6 Å². The molecule has 39 heavy (non-hydrogen) atoms. The number of carbonyl (C=O) groups is 2. The summed E-state index contributed by atoms with van der Waals surface area (Å²) < 4.78 is 21.8. The Kier molecular flexibility index (Phi) is 7.27. The zero-order valence-corrected chi connectivity index (χ0v) is 23.5. The zero-order chi connectivity index (χ0) is 28.0. The predicted molar refractivity (Wildman–Crippen MR) is 153 cm³/mol. The number of anilines is 1. The van der Waals surface area contributed by atoms with E-state index in [9.17, 15) is 14.0 Å². The van der Waals surface area contributed by atoms with Gasteiger partial charge in [-0.2, -0.15) is 0 Å². The Morgan fingerprint density at radius 3 is 2.33 bits per heavy atom. The molecule has 3 aromatic carbocycles. The third-order valence-electron chi connectivity index (χ3n) is 7.04. The highest BCUT2D eigenvalue weighted by Gasteiger charge is 2.43. The molecule has 0 spiro atoms. The van der Waals surface area contributed by atoms with Gasteiger partial charge in [0, 0.05) is 34.3 Å². The first kappa shape index (κ1) is 27.0. The van der Waals surface area contributed by atoms with Crippen LogP contribution in [0.15, 0.2) is 66.7 Å². The number of methoxy groups -OCH3 is 1. The number of carbonyl (C=O) groups excluding carboxylic acids is 2. The monoisotopic (exact) mass is 564 g/mol. The van der Waals surface area contributed by atoms with Gasteiger partial charge in [-0.15, -0.1) is 0 Å². The van der Waals surface area contributed by atoms with E-state index in [1.165, 1.54) is 12.1 Å². The highest BCUT2D eigenvalue weighted by molar-refractivity contribution is 6.31. The summed E-state index contributed by atoms with van der Waals surface area (Å²) in [5.74, 6) is -0.190. The quantitative estimate of drug-likeness (QED) is 0.211. The second-order valence-corrected chi connectivity index (χ2v) is 10.6. The summed E-state index contributed by atoms with van der Waals surface area (Å²) in [5.41, 5.74) is 4.66. The third-order valence-corrected chi connectivity index (χ3v) is 7.59. The van der Waals surface area contributed by atoms with Gasteiger partial charge < -0.3 is 9.30 Å². The summed E-state index contributed by atoms with van der Waals surface area (Å²) in [7, 11) is 1.58. The minimum absolute atomic E-state index is 0.0172. The maximum atomic E-state index is 14.1. The van der Waals surface area contributed by atoms with Crippen LogP contribution in [0, 0.1) is 5.82 Å². The number of fused-ring (bicyclic) bond motifs is 1. The zero-order valence-electron chi connectivity index (χ0n) is 22.0. The largest absolute Gasteiger partial charge is 0.496 e. The highest BCUT2D eigenvalue weighted by Crippen LogP contribution is 2.47. The van der Waals surface area contributed by atoms with E-state index in [1.807, 2.05) is 45.0 Å². The standard InChI is InChI=1S/C31H27Cl2FN2O3/c1-5-27(37)19-8-13-28(39-4)22(14-19)26-16-23-30(35(26)17(2)3)29(18-6-9-20(32)10-7-18)36(31(23)38)21-11-12-25(34)24(33)15-21/h6-17,29H,5H2,1-4H3. The van der Waals surface area contributed by atoms with Crippen molar-refractivity contribution in [1.82, 2.24) is 4.57 Å². The van der Waals surface area contributed by atoms with E-state index in [4.69, 9.17) is 27.9 Å². The van der Waals surface area contributed by atoms with Crippen LogP contribution in [0.4, 0.5) is 10.1 Å². The number of Topliss-reactive ketones (excluding diaryl/α,β-unsaturated/α-hetero) is 1. The first-order chi connectivity index (χ1) is 18.7. The number of rotatable bonds is 7. The van der Waals surface area contributed by atoms with Crippen molar-refractivity contribution in [2.24, 2.45) is 0 Å². The average molecular weight is 565 g/mol. The molecule has 1 aliphatic rings. The molecule has 0 bridgehead atoms. The predicted octanol–water partition coefficient (Wildman–Crippen LogP) is 8.53. The van der Waals surface area contributed by atoms with Crippen molar-refractivity contribution in [2.45, 2.75) is 39.3 Å². The van der Waals surface area contributed by atoms with E-state index in [1.54, 1.807) is 42.3 Å². The molecule has 5 nitrogen and oxygen atoms in total. The van der Waals surface area contributed by atoms with Crippen LogP contribution in [0.3, 0.4) is 0 Å². The van der Waals surface area contributed by atoms with Crippen molar-refractivity contribution in [3.8, 4) is 17.0 Å². The lowest BCUT2D eigenvalue weighted by molar-refractivity contribution is 0.0982. The lowest BCUT2D eigenvalue weighted by Crippen LogP contribution is -2.30. The smallest absolute Gasteiger partial charge is 0.261 e. The molecule has 1 amide bonds. The Morgan fingerprint density at radius 1 is 1.00 bits per heavy atom. The van der Waals surface area contributed by atoms with E-state index in [0.29, 0.717) is 34.0 Å². The van der Waals surface area contributed by atoms with Crippen LogP contribution < -0.4 is 9.64 Å². The Hall–Kier alpha value is -3.61. The number of ketones is 1. The molecular weight excluding hydrogens is 538 g/mol. The lowest BCUT2D eigenvalue weighted by Gasteiger charge is -2.29. The van der Waals surface area contributed by atoms with Crippen LogP contribution in [0.1, 0.15) is 71.2 Å². The van der Waals surface area contributed by atoms with Crippen molar-refractivity contribution in [2.75, 3.05) is 12.0 Å². The van der Waals surface area contributed by atoms with Crippen molar-refractivity contribution < 1.29 is 18.7 Å². The molecule has 8 heteroatoms. The second kappa shape index (κ2) is 10.5. The fraction of sp³-hybridized carbons (Fsp3) is 0.226. The molecule has 4 aromatic rings. The lowest BCUT2D eigenvalue weighted by atomic mass is 10.0. The number of ether oxygens (including phenoxy) is 1. The SMILES string of the molecule is CCC(=O)c1ccc(OC)c(-c2cc3c(n2C(C)C)C(c2ccc(Cl)cc2)N(c2ccc(F)c(Cl)c2)C3=O)c1. The average Bonchev–Trinajstić information content (AvgIpc) is 3.45. The van der Waals surface area contributed by atoms with E-state index in [2.05, 4.69) is 4.57 Å². The molecule has 0 saturated heterocycles. The number of aromatic nitrogens is 1. The van der Waals surface area contributed by atoms with E-state index < -0.39 is 11.9 Å². The molecular formula is C31H27Cl2FN2O3.